The molecule has 0 bridgehead atoms. The molecule has 0 saturated carbocycles. The van der Waals surface area contributed by atoms with E-state index in [2.05, 4.69) is 10.6 Å². The van der Waals surface area contributed by atoms with Crippen molar-refractivity contribution in [3.8, 4) is 23.0 Å². The van der Waals surface area contributed by atoms with Gasteiger partial charge in [0.25, 0.3) is 11.8 Å². The SMILES string of the molecule is COc1cc(OC)cc(C(=O)NC(C(=O)OCC(=O)Nc2ccc3c(c2)OCO3)C(C)C)c1. The Labute approximate surface area is 191 Å². The number of fused-ring (bicyclic) bond motifs is 1. The lowest BCUT2D eigenvalue weighted by Crippen LogP contribution is -2.46. The Bertz CT molecular complexity index is 1010. The van der Waals surface area contributed by atoms with Gasteiger partial charge < -0.3 is 34.3 Å². The summed E-state index contributed by atoms with van der Waals surface area (Å²) in [6.45, 7) is 3.12. The second-order valence-electron chi connectivity index (χ2n) is 7.52. The van der Waals surface area contributed by atoms with Gasteiger partial charge in [-0.3, -0.25) is 9.59 Å². The highest BCUT2D eigenvalue weighted by atomic mass is 16.7. The van der Waals surface area contributed by atoms with E-state index in [0.29, 0.717) is 28.7 Å². The van der Waals surface area contributed by atoms with Crippen molar-refractivity contribution in [1.29, 1.82) is 0 Å². The van der Waals surface area contributed by atoms with Crippen molar-refractivity contribution in [3.05, 3.63) is 42.0 Å². The van der Waals surface area contributed by atoms with E-state index in [1.54, 1.807) is 38.1 Å². The topological polar surface area (TPSA) is 121 Å². The fourth-order valence-corrected chi connectivity index (χ4v) is 3.06. The summed E-state index contributed by atoms with van der Waals surface area (Å²) in [5, 5.41) is 5.27. The molecule has 0 aliphatic carbocycles. The number of carbonyl (C=O) groups excluding carboxylic acids is 3. The lowest BCUT2D eigenvalue weighted by molar-refractivity contribution is -0.150. The second kappa shape index (κ2) is 10.6. The van der Waals surface area contributed by atoms with Gasteiger partial charge in [0.15, 0.2) is 18.1 Å². The van der Waals surface area contributed by atoms with Crippen LogP contribution in [0.25, 0.3) is 0 Å². The van der Waals surface area contributed by atoms with E-state index in [-0.39, 0.29) is 18.3 Å². The number of carbonyl (C=O) groups is 3. The van der Waals surface area contributed by atoms with Crippen LogP contribution < -0.4 is 29.6 Å². The smallest absolute Gasteiger partial charge is 0.329 e. The quantitative estimate of drug-likeness (QED) is 0.550. The van der Waals surface area contributed by atoms with E-state index in [4.69, 9.17) is 23.7 Å². The summed E-state index contributed by atoms with van der Waals surface area (Å²) < 4.78 is 26.0. The zero-order valence-electron chi connectivity index (χ0n) is 18.8. The molecule has 33 heavy (non-hydrogen) atoms. The predicted octanol–water partition coefficient (Wildman–Crippen LogP) is 2.37. The van der Waals surface area contributed by atoms with Gasteiger partial charge in [-0.05, 0) is 30.2 Å². The average Bonchev–Trinajstić information content (AvgIpc) is 3.28. The summed E-state index contributed by atoms with van der Waals surface area (Å²) in [4.78, 5) is 37.6. The first kappa shape index (κ1) is 23.7. The molecule has 1 aliphatic heterocycles. The number of hydrogen-bond acceptors (Lipinski definition) is 8. The zero-order chi connectivity index (χ0) is 24.0. The number of hydrogen-bond donors (Lipinski definition) is 2. The Hall–Kier alpha value is -3.95. The van der Waals surface area contributed by atoms with Gasteiger partial charge in [0.05, 0.1) is 14.2 Å². The van der Waals surface area contributed by atoms with Crippen LogP contribution in [-0.2, 0) is 14.3 Å². The monoisotopic (exact) mass is 458 g/mol. The van der Waals surface area contributed by atoms with E-state index >= 15 is 0 Å². The number of esters is 1. The highest BCUT2D eigenvalue weighted by molar-refractivity contribution is 5.98. The van der Waals surface area contributed by atoms with Crippen LogP contribution >= 0.6 is 0 Å². The number of amides is 2. The van der Waals surface area contributed by atoms with Crippen LogP contribution in [0.1, 0.15) is 24.2 Å². The summed E-state index contributed by atoms with van der Waals surface area (Å²) in [7, 11) is 2.94. The molecule has 2 N–H and O–H groups in total. The predicted molar refractivity (Wildman–Crippen MR) is 118 cm³/mol. The molecule has 3 rings (SSSR count). The minimum absolute atomic E-state index is 0.120. The Morgan fingerprint density at radius 3 is 2.27 bits per heavy atom. The summed E-state index contributed by atoms with van der Waals surface area (Å²) in [5.74, 6) is -0.0851. The number of anilines is 1. The van der Waals surface area contributed by atoms with Gasteiger partial charge >= 0.3 is 5.97 Å². The zero-order valence-corrected chi connectivity index (χ0v) is 18.8. The van der Waals surface area contributed by atoms with Crippen LogP contribution in [0.3, 0.4) is 0 Å². The van der Waals surface area contributed by atoms with E-state index in [1.165, 1.54) is 26.4 Å². The molecule has 176 valence electrons. The molecule has 0 saturated heterocycles. The van der Waals surface area contributed by atoms with E-state index < -0.39 is 30.4 Å². The molecule has 0 radical (unpaired) electrons. The van der Waals surface area contributed by atoms with E-state index in [9.17, 15) is 14.4 Å². The van der Waals surface area contributed by atoms with Crippen LogP contribution in [0.5, 0.6) is 23.0 Å². The van der Waals surface area contributed by atoms with Crippen molar-refractivity contribution < 1.29 is 38.1 Å². The minimum atomic E-state index is -0.965. The molecule has 1 aliphatic rings. The molecule has 1 heterocycles. The highest BCUT2D eigenvalue weighted by Crippen LogP contribution is 2.34. The first-order chi connectivity index (χ1) is 15.8. The second-order valence-corrected chi connectivity index (χ2v) is 7.52. The molecule has 0 fully saturated rings. The minimum Gasteiger partial charge on any atom is -0.497 e. The molecule has 1 atom stereocenters. The standard InChI is InChI=1S/C23H26N2O8/c1-13(2)21(25-22(27)14-7-16(29-3)10-17(8-14)30-4)23(28)31-11-20(26)24-15-5-6-18-19(9-15)33-12-32-18/h5-10,13,21H,11-12H2,1-4H3,(H,24,26)(H,25,27). The number of nitrogens with one attached hydrogen (secondary N) is 2. The van der Waals surface area contributed by atoms with Gasteiger partial charge in [-0.2, -0.15) is 0 Å². The molecular weight excluding hydrogens is 432 g/mol. The summed E-state index contributed by atoms with van der Waals surface area (Å²) >= 11 is 0. The molecule has 0 aromatic heterocycles. The molecule has 10 heteroatoms. The lowest BCUT2D eigenvalue weighted by atomic mass is 10.0. The Morgan fingerprint density at radius 2 is 1.64 bits per heavy atom. The van der Waals surface area contributed by atoms with Crippen molar-refractivity contribution in [2.45, 2.75) is 19.9 Å². The molecule has 2 amide bonds. The van der Waals surface area contributed by atoms with Crippen molar-refractivity contribution in [2.75, 3.05) is 32.9 Å². The third kappa shape index (κ3) is 6.06. The fraction of sp³-hybridized carbons (Fsp3) is 0.348. The van der Waals surface area contributed by atoms with Crippen LogP contribution in [0.15, 0.2) is 36.4 Å². The summed E-state index contributed by atoms with van der Waals surface area (Å²) in [5.41, 5.74) is 0.728. The van der Waals surface area contributed by atoms with Crippen LogP contribution in [0.2, 0.25) is 0 Å². The molecule has 2 aromatic rings. The van der Waals surface area contributed by atoms with Crippen LogP contribution in [-0.4, -0.2) is 51.4 Å². The van der Waals surface area contributed by atoms with Crippen LogP contribution in [0.4, 0.5) is 5.69 Å². The van der Waals surface area contributed by atoms with Gasteiger partial charge in [0.1, 0.15) is 17.5 Å². The van der Waals surface area contributed by atoms with Gasteiger partial charge in [-0.1, -0.05) is 13.8 Å². The number of ether oxygens (including phenoxy) is 5. The normalized spacial score (nSPS) is 12.6. The Balaban J connectivity index is 1.58. The molecule has 0 spiro atoms. The molecule has 1 unspecified atom stereocenters. The third-order valence-corrected chi connectivity index (χ3v) is 4.82. The fourth-order valence-electron chi connectivity index (χ4n) is 3.06. The number of rotatable bonds is 9. The number of methoxy groups -OCH3 is 2. The Morgan fingerprint density at radius 1 is 0.970 bits per heavy atom. The van der Waals surface area contributed by atoms with Crippen molar-refractivity contribution in [2.24, 2.45) is 5.92 Å². The van der Waals surface area contributed by atoms with Crippen molar-refractivity contribution in [1.82, 2.24) is 5.32 Å². The van der Waals surface area contributed by atoms with E-state index in [0.717, 1.165) is 0 Å². The maximum atomic E-state index is 12.7. The first-order valence-electron chi connectivity index (χ1n) is 10.2. The number of benzene rings is 2. The van der Waals surface area contributed by atoms with Gasteiger partial charge in [0, 0.05) is 23.4 Å². The molecular formula is C23H26N2O8. The van der Waals surface area contributed by atoms with E-state index in [1.807, 2.05) is 0 Å². The maximum Gasteiger partial charge on any atom is 0.329 e. The maximum absolute atomic E-state index is 12.7. The largest absolute Gasteiger partial charge is 0.497 e. The summed E-state index contributed by atoms with van der Waals surface area (Å²) in [6, 6.07) is 8.65. The van der Waals surface area contributed by atoms with Crippen molar-refractivity contribution in [3.63, 3.8) is 0 Å². The van der Waals surface area contributed by atoms with Crippen LogP contribution in [0, 0.1) is 5.92 Å². The molecule has 10 nitrogen and oxygen atoms in total. The lowest BCUT2D eigenvalue weighted by Gasteiger charge is -2.21. The highest BCUT2D eigenvalue weighted by Gasteiger charge is 2.27. The van der Waals surface area contributed by atoms with Gasteiger partial charge in [-0.15, -0.1) is 0 Å². The average molecular weight is 458 g/mol. The van der Waals surface area contributed by atoms with Crippen molar-refractivity contribution >= 4 is 23.5 Å². The van der Waals surface area contributed by atoms with Gasteiger partial charge in [-0.25, -0.2) is 4.79 Å². The first-order valence-corrected chi connectivity index (χ1v) is 10.2. The summed E-state index contributed by atoms with van der Waals surface area (Å²) in [6.07, 6.45) is 0. The Kier molecular flexibility index (Phi) is 7.60. The molecule has 2 aromatic carbocycles. The third-order valence-electron chi connectivity index (χ3n) is 4.82. The van der Waals surface area contributed by atoms with Gasteiger partial charge in [0.2, 0.25) is 6.79 Å².